The van der Waals surface area contributed by atoms with E-state index < -0.39 is 5.91 Å². The zero-order chi connectivity index (χ0) is 14.7. The van der Waals surface area contributed by atoms with Crippen molar-refractivity contribution in [1.82, 2.24) is 0 Å². The van der Waals surface area contributed by atoms with Crippen molar-refractivity contribution in [2.45, 2.75) is 13.0 Å². The Labute approximate surface area is 116 Å². The van der Waals surface area contributed by atoms with Gasteiger partial charge in [-0.05, 0) is 30.7 Å². The van der Waals surface area contributed by atoms with E-state index in [0.29, 0.717) is 5.69 Å². The highest BCUT2D eigenvalue weighted by Gasteiger charge is 2.17. The molecule has 0 spiro atoms. The van der Waals surface area contributed by atoms with Crippen LogP contribution in [0.1, 0.15) is 28.9 Å². The van der Waals surface area contributed by atoms with Crippen LogP contribution >= 0.6 is 0 Å². The molecular formula is C15H16N2O3. The van der Waals surface area contributed by atoms with Gasteiger partial charge in [-0.25, -0.2) is 0 Å². The molecule has 5 heteroatoms. The number of carbonyl (C=O) groups excluding carboxylic acids is 1. The number of nitrogens with one attached hydrogen (secondary N) is 1. The molecule has 1 amide bonds. The summed E-state index contributed by atoms with van der Waals surface area (Å²) in [5.74, 6) is -1.14. The lowest BCUT2D eigenvalue weighted by atomic mass is 10.1. The molecule has 0 saturated heterocycles. The van der Waals surface area contributed by atoms with E-state index >= 15 is 0 Å². The zero-order valence-corrected chi connectivity index (χ0v) is 11.0. The minimum atomic E-state index is -0.589. The number of phenols is 2. The number of para-hydroxylation sites is 1. The average Bonchev–Trinajstić information content (AvgIpc) is 2.38. The van der Waals surface area contributed by atoms with E-state index in [9.17, 15) is 15.0 Å². The number of anilines is 1. The highest BCUT2D eigenvalue weighted by atomic mass is 16.3. The van der Waals surface area contributed by atoms with Gasteiger partial charge in [-0.2, -0.15) is 0 Å². The fourth-order valence-electron chi connectivity index (χ4n) is 1.95. The van der Waals surface area contributed by atoms with E-state index in [1.807, 2.05) is 19.1 Å². The molecule has 0 aromatic heterocycles. The van der Waals surface area contributed by atoms with Crippen LogP contribution in [0.2, 0.25) is 0 Å². The van der Waals surface area contributed by atoms with Crippen LogP contribution in [0.15, 0.2) is 42.5 Å². The molecule has 5 nitrogen and oxygen atoms in total. The monoisotopic (exact) mass is 272 g/mol. The number of carbonyl (C=O) groups is 1. The number of phenolic OH excluding ortho intramolecular Hbond substituents is 2. The summed E-state index contributed by atoms with van der Waals surface area (Å²) in [5.41, 5.74) is 7.00. The van der Waals surface area contributed by atoms with Gasteiger partial charge >= 0.3 is 0 Å². The second kappa shape index (κ2) is 5.63. The average molecular weight is 272 g/mol. The van der Waals surface area contributed by atoms with Gasteiger partial charge in [-0.15, -0.1) is 0 Å². The van der Waals surface area contributed by atoms with Gasteiger partial charge in [0.05, 0.1) is 0 Å². The van der Waals surface area contributed by atoms with Crippen molar-refractivity contribution in [3.8, 4) is 11.5 Å². The van der Waals surface area contributed by atoms with E-state index in [4.69, 9.17) is 5.73 Å². The van der Waals surface area contributed by atoms with Gasteiger partial charge in [0.25, 0.3) is 5.91 Å². The molecule has 0 heterocycles. The molecule has 5 N–H and O–H groups in total. The van der Waals surface area contributed by atoms with Gasteiger partial charge in [0.15, 0.2) is 0 Å². The lowest BCUT2D eigenvalue weighted by Gasteiger charge is -2.14. The Morgan fingerprint density at radius 3 is 2.30 bits per heavy atom. The van der Waals surface area contributed by atoms with E-state index in [1.165, 1.54) is 18.2 Å². The Morgan fingerprint density at radius 2 is 1.70 bits per heavy atom. The maximum atomic E-state index is 12.2. The summed E-state index contributed by atoms with van der Waals surface area (Å²) in [6, 6.07) is 11.0. The molecular weight excluding hydrogens is 256 g/mol. The minimum Gasteiger partial charge on any atom is -0.507 e. The smallest absolute Gasteiger partial charge is 0.263 e. The quantitative estimate of drug-likeness (QED) is 0.689. The maximum Gasteiger partial charge on any atom is 0.263 e. The fraction of sp³-hybridized carbons (Fsp3) is 0.133. The highest BCUT2D eigenvalue weighted by Crippen LogP contribution is 2.28. The van der Waals surface area contributed by atoms with Gasteiger partial charge in [-0.1, -0.05) is 24.3 Å². The van der Waals surface area contributed by atoms with Crippen molar-refractivity contribution >= 4 is 11.6 Å². The van der Waals surface area contributed by atoms with E-state index in [-0.39, 0.29) is 23.1 Å². The summed E-state index contributed by atoms with van der Waals surface area (Å²) in [4.78, 5) is 12.2. The first kappa shape index (κ1) is 13.9. The molecule has 0 saturated carbocycles. The summed E-state index contributed by atoms with van der Waals surface area (Å²) in [5, 5.41) is 22.0. The molecule has 20 heavy (non-hydrogen) atoms. The van der Waals surface area contributed by atoms with E-state index in [2.05, 4.69) is 5.32 Å². The number of benzene rings is 2. The lowest BCUT2D eigenvalue weighted by Crippen LogP contribution is -2.16. The molecule has 0 aliphatic rings. The molecule has 2 aromatic rings. The van der Waals surface area contributed by atoms with E-state index in [0.717, 1.165) is 5.56 Å². The number of hydrogen-bond acceptors (Lipinski definition) is 4. The Kier molecular flexibility index (Phi) is 3.91. The van der Waals surface area contributed by atoms with Crippen LogP contribution in [-0.4, -0.2) is 16.1 Å². The second-order valence-corrected chi connectivity index (χ2v) is 4.50. The predicted octanol–water partition coefficient (Wildman–Crippen LogP) is 2.37. The van der Waals surface area contributed by atoms with Crippen molar-refractivity contribution in [1.29, 1.82) is 0 Å². The van der Waals surface area contributed by atoms with Crippen molar-refractivity contribution in [2.75, 3.05) is 5.32 Å². The van der Waals surface area contributed by atoms with Gasteiger partial charge < -0.3 is 21.3 Å². The topological polar surface area (TPSA) is 95.6 Å². The van der Waals surface area contributed by atoms with Gasteiger partial charge in [-0.3, -0.25) is 4.79 Å². The molecule has 104 valence electrons. The van der Waals surface area contributed by atoms with E-state index in [1.54, 1.807) is 12.1 Å². The van der Waals surface area contributed by atoms with Crippen molar-refractivity contribution < 1.29 is 15.0 Å². The molecule has 0 aliphatic carbocycles. The van der Waals surface area contributed by atoms with Crippen LogP contribution in [0, 0.1) is 0 Å². The van der Waals surface area contributed by atoms with Crippen molar-refractivity contribution in [3.05, 3.63) is 53.6 Å². The minimum absolute atomic E-state index is 0.160. The van der Waals surface area contributed by atoms with Crippen LogP contribution < -0.4 is 11.1 Å². The molecule has 0 radical (unpaired) electrons. The highest BCUT2D eigenvalue weighted by molar-refractivity contribution is 6.08. The number of nitrogens with two attached hydrogens (primary N) is 1. The molecule has 2 aromatic carbocycles. The van der Waals surface area contributed by atoms with Crippen molar-refractivity contribution in [3.63, 3.8) is 0 Å². The standard InChI is InChI=1S/C15H16N2O3/c1-9(16)10-5-2-3-6-11(10)17-15(20)14-12(18)7-4-8-13(14)19/h2-9,18-19H,16H2,1H3,(H,17,20). The normalized spacial score (nSPS) is 11.9. The molecule has 0 fully saturated rings. The summed E-state index contributed by atoms with van der Waals surface area (Å²) in [6.45, 7) is 1.81. The second-order valence-electron chi connectivity index (χ2n) is 4.50. The number of rotatable bonds is 3. The summed E-state index contributed by atoms with van der Waals surface area (Å²) >= 11 is 0. The van der Waals surface area contributed by atoms with Crippen LogP contribution in [-0.2, 0) is 0 Å². The fourth-order valence-corrected chi connectivity index (χ4v) is 1.95. The van der Waals surface area contributed by atoms with Gasteiger partial charge in [0.1, 0.15) is 17.1 Å². The SMILES string of the molecule is CC(N)c1ccccc1NC(=O)c1c(O)cccc1O. The largest absolute Gasteiger partial charge is 0.507 e. The Bertz CT molecular complexity index is 619. The maximum absolute atomic E-state index is 12.2. The summed E-state index contributed by atoms with van der Waals surface area (Å²) in [6.07, 6.45) is 0. The van der Waals surface area contributed by atoms with Gasteiger partial charge in [0, 0.05) is 11.7 Å². The molecule has 1 atom stereocenters. The third-order valence-corrected chi connectivity index (χ3v) is 2.95. The van der Waals surface area contributed by atoms with Crippen LogP contribution in [0.5, 0.6) is 11.5 Å². The number of amides is 1. The predicted molar refractivity (Wildman–Crippen MR) is 76.8 cm³/mol. The number of hydrogen-bond donors (Lipinski definition) is 4. The zero-order valence-electron chi connectivity index (χ0n) is 11.0. The first-order chi connectivity index (χ1) is 9.50. The first-order valence-corrected chi connectivity index (χ1v) is 6.17. The molecule has 0 aliphatic heterocycles. The van der Waals surface area contributed by atoms with Crippen LogP contribution in [0.25, 0.3) is 0 Å². The third kappa shape index (κ3) is 2.73. The molecule has 2 rings (SSSR count). The Hall–Kier alpha value is -2.53. The van der Waals surface area contributed by atoms with Crippen LogP contribution in [0.3, 0.4) is 0 Å². The molecule has 1 unspecified atom stereocenters. The summed E-state index contributed by atoms with van der Waals surface area (Å²) in [7, 11) is 0. The lowest BCUT2D eigenvalue weighted by molar-refractivity contribution is 0.102. The van der Waals surface area contributed by atoms with Gasteiger partial charge in [0.2, 0.25) is 0 Å². The molecule has 0 bridgehead atoms. The van der Waals surface area contributed by atoms with Crippen molar-refractivity contribution in [2.24, 2.45) is 5.73 Å². The Morgan fingerprint density at radius 1 is 1.10 bits per heavy atom. The first-order valence-electron chi connectivity index (χ1n) is 6.17. The Balaban J connectivity index is 2.33. The third-order valence-electron chi connectivity index (χ3n) is 2.95. The van der Waals surface area contributed by atoms with Crippen LogP contribution in [0.4, 0.5) is 5.69 Å². The number of aromatic hydroxyl groups is 2. The summed E-state index contributed by atoms with van der Waals surface area (Å²) < 4.78 is 0.